The van der Waals surface area contributed by atoms with Crippen molar-refractivity contribution in [1.29, 1.82) is 0 Å². The molecule has 2 heterocycles. The van der Waals surface area contributed by atoms with Gasteiger partial charge in [0.2, 0.25) is 5.95 Å². The van der Waals surface area contributed by atoms with E-state index >= 15 is 0 Å². The number of rotatable bonds is 4. The Morgan fingerprint density at radius 2 is 2.00 bits per heavy atom. The van der Waals surface area contributed by atoms with Gasteiger partial charge in [0.05, 0.1) is 0 Å². The van der Waals surface area contributed by atoms with Crippen LogP contribution in [0.4, 0.5) is 27.7 Å². The highest BCUT2D eigenvalue weighted by Crippen LogP contribution is 2.24. The summed E-state index contributed by atoms with van der Waals surface area (Å²) >= 11 is 0. The van der Waals surface area contributed by atoms with Gasteiger partial charge in [-0.1, -0.05) is 0 Å². The molecule has 0 saturated carbocycles. The van der Waals surface area contributed by atoms with Crippen molar-refractivity contribution in [3.8, 4) is 0 Å². The lowest BCUT2D eigenvalue weighted by Gasteiger charge is -2.21. The first-order chi connectivity index (χ1) is 11.0. The third-order valence-electron chi connectivity index (χ3n) is 4.06. The molecule has 2 aromatic rings. The summed E-state index contributed by atoms with van der Waals surface area (Å²) in [6.45, 7) is 1.86. The number of nitrogens with zero attached hydrogens (tertiary/aromatic N) is 4. The van der Waals surface area contributed by atoms with Gasteiger partial charge in [0.15, 0.2) is 0 Å². The normalized spacial score (nSPS) is 17.7. The number of hydrogen-bond acceptors (Lipinski definition) is 6. The van der Waals surface area contributed by atoms with E-state index in [9.17, 15) is 4.39 Å². The molecule has 0 bridgehead atoms. The predicted molar refractivity (Wildman–Crippen MR) is 90.4 cm³/mol. The molecule has 7 heteroatoms. The number of hydrogen-bond donors (Lipinski definition) is 2. The Morgan fingerprint density at radius 3 is 2.65 bits per heavy atom. The van der Waals surface area contributed by atoms with Gasteiger partial charge >= 0.3 is 0 Å². The number of halogens is 1. The summed E-state index contributed by atoms with van der Waals surface area (Å²) in [5.74, 6) is 1.37. The van der Waals surface area contributed by atoms with Gasteiger partial charge in [-0.05, 0) is 44.8 Å². The molecule has 1 atom stereocenters. The number of benzene rings is 1. The summed E-state index contributed by atoms with van der Waals surface area (Å²) in [6, 6.07) is 8.50. The first-order valence-electron chi connectivity index (χ1n) is 7.60. The first-order valence-corrected chi connectivity index (χ1v) is 7.60. The number of anilines is 4. The van der Waals surface area contributed by atoms with E-state index in [1.165, 1.54) is 12.1 Å². The van der Waals surface area contributed by atoms with E-state index in [0.29, 0.717) is 11.9 Å². The van der Waals surface area contributed by atoms with Crippen LogP contribution in [-0.2, 0) is 0 Å². The fourth-order valence-corrected chi connectivity index (χ4v) is 2.73. The van der Waals surface area contributed by atoms with Crippen LogP contribution >= 0.6 is 0 Å². The molecule has 6 nitrogen and oxygen atoms in total. The third kappa shape index (κ3) is 3.68. The molecule has 1 fully saturated rings. The van der Waals surface area contributed by atoms with Gasteiger partial charge in [0.25, 0.3) is 0 Å². The zero-order valence-corrected chi connectivity index (χ0v) is 13.3. The fraction of sp³-hybridized carbons (Fsp3) is 0.375. The molecule has 23 heavy (non-hydrogen) atoms. The Balaban J connectivity index is 1.78. The van der Waals surface area contributed by atoms with Crippen LogP contribution in [-0.4, -0.2) is 48.1 Å². The second-order valence-corrected chi connectivity index (χ2v) is 5.95. The van der Waals surface area contributed by atoms with Crippen molar-refractivity contribution in [2.75, 3.05) is 43.1 Å². The summed E-state index contributed by atoms with van der Waals surface area (Å²) in [7, 11) is 4.17. The summed E-state index contributed by atoms with van der Waals surface area (Å²) in [5, 5.41) is 3.13. The number of nitrogens with two attached hydrogens (primary N) is 1. The summed E-state index contributed by atoms with van der Waals surface area (Å²) in [5.41, 5.74) is 6.59. The second-order valence-electron chi connectivity index (χ2n) is 5.95. The minimum atomic E-state index is -0.273. The van der Waals surface area contributed by atoms with Gasteiger partial charge in [0, 0.05) is 30.9 Å². The van der Waals surface area contributed by atoms with Gasteiger partial charge < -0.3 is 20.9 Å². The number of aromatic nitrogens is 2. The van der Waals surface area contributed by atoms with Crippen molar-refractivity contribution in [3.05, 3.63) is 36.1 Å². The molecule has 1 aliphatic heterocycles. The molecule has 3 N–H and O–H groups in total. The van der Waals surface area contributed by atoms with Crippen molar-refractivity contribution in [3.63, 3.8) is 0 Å². The highest BCUT2D eigenvalue weighted by molar-refractivity contribution is 5.61. The number of nitrogen functional groups attached to an aromatic ring is 1. The van der Waals surface area contributed by atoms with Crippen LogP contribution in [0.5, 0.6) is 0 Å². The lowest BCUT2D eigenvalue weighted by Crippen LogP contribution is -2.31. The zero-order chi connectivity index (χ0) is 16.4. The zero-order valence-electron chi connectivity index (χ0n) is 13.3. The highest BCUT2D eigenvalue weighted by Gasteiger charge is 2.25. The molecule has 0 unspecified atom stereocenters. The van der Waals surface area contributed by atoms with Gasteiger partial charge in [-0.25, -0.2) is 4.39 Å². The first kappa shape index (κ1) is 15.5. The molecule has 0 spiro atoms. The Bertz CT molecular complexity index is 673. The van der Waals surface area contributed by atoms with E-state index in [1.807, 2.05) is 6.07 Å². The van der Waals surface area contributed by atoms with Crippen molar-refractivity contribution >= 4 is 23.3 Å². The Labute approximate surface area is 135 Å². The van der Waals surface area contributed by atoms with Gasteiger partial charge in [-0.2, -0.15) is 9.97 Å². The largest absolute Gasteiger partial charge is 0.368 e. The van der Waals surface area contributed by atoms with E-state index in [2.05, 4.69) is 39.2 Å². The Morgan fingerprint density at radius 1 is 1.26 bits per heavy atom. The van der Waals surface area contributed by atoms with Crippen LogP contribution in [0.2, 0.25) is 0 Å². The molecular formula is C16H21FN6. The second kappa shape index (κ2) is 6.37. The van der Waals surface area contributed by atoms with Crippen LogP contribution in [0.1, 0.15) is 6.42 Å². The van der Waals surface area contributed by atoms with E-state index in [0.717, 1.165) is 31.0 Å². The van der Waals surface area contributed by atoms with Crippen LogP contribution in [0.15, 0.2) is 30.3 Å². The Hall–Kier alpha value is -2.41. The maximum absolute atomic E-state index is 13.0. The smallest absolute Gasteiger partial charge is 0.223 e. The molecule has 1 aromatic heterocycles. The van der Waals surface area contributed by atoms with Crippen LogP contribution in [0, 0.1) is 5.82 Å². The van der Waals surface area contributed by atoms with Crippen LogP contribution in [0.3, 0.4) is 0 Å². The lowest BCUT2D eigenvalue weighted by atomic mass is 10.2. The molecule has 3 rings (SSSR count). The summed E-state index contributed by atoms with van der Waals surface area (Å²) in [4.78, 5) is 13.0. The fourth-order valence-electron chi connectivity index (χ4n) is 2.73. The molecule has 0 amide bonds. The van der Waals surface area contributed by atoms with E-state index in [-0.39, 0.29) is 11.8 Å². The monoisotopic (exact) mass is 316 g/mol. The van der Waals surface area contributed by atoms with Crippen molar-refractivity contribution in [1.82, 2.24) is 14.9 Å². The van der Waals surface area contributed by atoms with E-state index in [1.54, 1.807) is 12.1 Å². The molecule has 1 saturated heterocycles. The van der Waals surface area contributed by atoms with Crippen LogP contribution < -0.4 is 16.0 Å². The maximum Gasteiger partial charge on any atom is 0.223 e. The van der Waals surface area contributed by atoms with Crippen LogP contribution in [0.25, 0.3) is 0 Å². The quantitative estimate of drug-likeness (QED) is 0.900. The SMILES string of the molecule is CN(C)[C@@H]1CCN(c2cc(Nc3ccc(F)cc3)nc(N)n2)C1. The standard InChI is InChI=1S/C16H21FN6/c1-22(2)13-7-8-23(10-13)15-9-14(20-16(18)21-15)19-12-5-3-11(17)4-6-12/h3-6,9,13H,7-8,10H2,1-2H3,(H3,18,19,20,21)/t13-/m1/s1. The summed E-state index contributed by atoms with van der Waals surface area (Å²) < 4.78 is 13.0. The van der Waals surface area contributed by atoms with Gasteiger partial charge in [-0.3, -0.25) is 0 Å². The number of likely N-dealkylation sites (N-methyl/N-ethyl adjacent to an activating group) is 1. The Kier molecular flexibility index (Phi) is 4.29. The van der Waals surface area contributed by atoms with E-state index in [4.69, 9.17) is 5.73 Å². The number of nitrogens with one attached hydrogen (secondary N) is 1. The van der Waals surface area contributed by atoms with Crippen molar-refractivity contribution in [2.45, 2.75) is 12.5 Å². The van der Waals surface area contributed by atoms with E-state index < -0.39 is 0 Å². The molecule has 1 aromatic carbocycles. The van der Waals surface area contributed by atoms with Gasteiger partial charge in [-0.15, -0.1) is 0 Å². The third-order valence-corrected chi connectivity index (χ3v) is 4.06. The van der Waals surface area contributed by atoms with Gasteiger partial charge in [0.1, 0.15) is 17.5 Å². The summed E-state index contributed by atoms with van der Waals surface area (Å²) in [6.07, 6.45) is 1.09. The molecule has 0 radical (unpaired) electrons. The average Bonchev–Trinajstić information content (AvgIpc) is 2.99. The van der Waals surface area contributed by atoms with Crippen molar-refractivity contribution in [2.24, 2.45) is 0 Å². The van der Waals surface area contributed by atoms with Crippen molar-refractivity contribution < 1.29 is 4.39 Å². The lowest BCUT2D eigenvalue weighted by molar-refractivity contribution is 0.315. The molecule has 1 aliphatic rings. The maximum atomic E-state index is 13.0. The topological polar surface area (TPSA) is 70.3 Å². The minimum absolute atomic E-state index is 0.223. The molecule has 0 aliphatic carbocycles. The average molecular weight is 316 g/mol. The highest BCUT2D eigenvalue weighted by atomic mass is 19.1. The molecule has 122 valence electrons. The minimum Gasteiger partial charge on any atom is -0.368 e. The molecular weight excluding hydrogens is 295 g/mol. The predicted octanol–water partition coefficient (Wildman–Crippen LogP) is 2.08.